The molecule has 166 valence electrons. The van der Waals surface area contributed by atoms with Crippen molar-refractivity contribution in [1.29, 1.82) is 0 Å². The topological polar surface area (TPSA) is 72.5 Å². The van der Waals surface area contributed by atoms with Gasteiger partial charge < -0.3 is 27.5 Å². The summed E-state index contributed by atoms with van der Waals surface area (Å²) in [5.41, 5.74) is 0. The zero-order valence-electron chi connectivity index (χ0n) is 19.5. The number of esters is 1. The second-order valence-electron chi connectivity index (χ2n) is 10.2. The van der Waals surface area contributed by atoms with Gasteiger partial charge in [-0.15, -0.1) is 0 Å². The lowest BCUT2D eigenvalue weighted by Gasteiger charge is -2.48. The molecule has 0 N–H and O–H groups in total. The van der Waals surface area contributed by atoms with E-state index in [1.807, 2.05) is 0 Å². The fraction of sp³-hybridized carbons (Fsp3) is 0.944. The first-order chi connectivity index (χ1) is 12.5. The van der Waals surface area contributed by atoms with Crippen LogP contribution in [-0.2, 0) is 32.3 Å². The molecule has 10 heteroatoms. The highest BCUT2D eigenvalue weighted by molar-refractivity contribution is 6.70. The Morgan fingerprint density at radius 3 is 1.71 bits per heavy atom. The molecule has 0 unspecified atom stereocenters. The van der Waals surface area contributed by atoms with Gasteiger partial charge in [0, 0.05) is 14.0 Å². The van der Waals surface area contributed by atoms with Crippen molar-refractivity contribution in [2.45, 2.75) is 96.6 Å². The zero-order valence-corrected chi connectivity index (χ0v) is 22.5. The summed E-state index contributed by atoms with van der Waals surface area (Å²) in [5.74, 6) is -0.376. The van der Waals surface area contributed by atoms with E-state index >= 15 is 0 Å². The summed E-state index contributed by atoms with van der Waals surface area (Å²) < 4.78 is 36.5. The van der Waals surface area contributed by atoms with E-state index in [-0.39, 0.29) is 5.97 Å². The van der Waals surface area contributed by atoms with Crippen molar-refractivity contribution in [3.05, 3.63) is 0 Å². The first kappa shape index (κ1) is 26.0. The van der Waals surface area contributed by atoms with Gasteiger partial charge in [0.05, 0.1) is 6.61 Å². The van der Waals surface area contributed by atoms with Crippen LogP contribution in [0.4, 0.5) is 0 Å². The van der Waals surface area contributed by atoms with Crippen LogP contribution in [0.5, 0.6) is 0 Å². The van der Waals surface area contributed by atoms with Crippen LogP contribution in [0.3, 0.4) is 0 Å². The standard InChI is InChI=1S/C18H40O7Si3/c1-13(19)22-15-14(12-21-26(3,4)5)23-18(20-2)17(25-28(9,10)11)16(15)24-27(6,7)8/h14-18H,12H2,1-11H3/t14-,15+,16+,17-,18-/m1/s1. The molecule has 0 amide bonds. The minimum atomic E-state index is -1.99. The summed E-state index contributed by atoms with van der Waals surface area (Å²) >= 11 is 0. The fourth-order valence-electron chi connectivity index (χ4n) is 2.94. The molecule has 1 heterocycles. The number of rotatable bonds is 9. The number of carbonyl (C=O) groups excluding carboxylic acids is 1. The smallest absolute Gasteiger partial charge is 0.303 e. The molecule has 0 aromatic carbocycles. The van der Waals surface area contributed by atoms with Crippen LogP contribution in [0.1, 0.15) is 6.92 Å². The number of ether oxygens (including phenoxy) is 3. The minimum absolute atomic E-state index is 0.318. The Balaban J connectivity index is 3.28. The molecule has 0 aliphatic carbocycles. The third kappa shape index (κ3) is 9.16. The maximum atomic E-state index is 11.9. The number of carbonyl (C=O) groups is 1. The Bertz CT molecular complexity index is 511. The average Bonchev–Trinajstić information content (AvgIpc) is 2.45. The van der Waals surface area contributed by atoms with Crippen molar-refractivity contribution in [2.75, 3.05) is 13.7 Å². The first-order valence-corrected chi connectivity index (χ1v) is 20.1. The Hall–Kier alpha value is -0.0794. The summed E-state index contributed by atoms with van der Waals surface area (Å²) in [6.07, 6.45) is -2.67. The quantitative estimate of drug-likeness (QED) is 0.391. The molecule has 0 spiro atoms. The van der Waals surface area contributed by atoms with E-state index in [1.54, 1.807) is 7.11 Å². The fourth-order valence-corrected chi connectivity index (χ4v) is 5.76. The van der Waals surface area contributed by atoms with Gasteiger partial charge in [-0.25, -0.2) is 0 Å². The van der Waals surface area contributed by atoms with E-state index in [1.165, 1.54) is 6.92 Å². The van der Waals surface area contributed by atoms with Crippen molar-refractivity contribution >= 4 is 30.9 Å². The van der Waals surface area contributed by atoms with Crippen LogP contribution in [0, 0.1) is 0 Å². The van der Waals surface area contributed by atoms with Gasteiger partial charge >= 0.3 is 5.97 Å². The number of methoxy groups -OCH3 is 1. The monoisotopic (exact) mass is 452 g/mol. The Labute approximate surface area is 173 Å². The average molecular weight is 453 g/mol. The van der Waals surface area contributed by atoms with Gasteiger partial charge in [0.2, 0.25) is 0 Å². The van der Waals surface area contributed by atoms with Crippen LogP contribution in [0.25, 0.3) is 0 Å². The predicted octanol–water partition coefficient (Wildman–Crippen LogP) is 3.58. The SMILES string of the molecule is CO[C@@H]1O[C@H](CO[Si](C)(C)C)[C@H](OC(C)=O)[C@H](O[Si](C)(C)C)[C@H]1O[Si](C)(C)C. The van der Waals surface area contributed by atoms with Crippen LogP contribution >= 0.6 is 0 Å². The van der Waals surface area contributed by atoms with Crippen molar-refractivity contribution < 1.29 is 32.3 Å². The molecule has 28 heavy (non-hydrogen) atoms. The molecule has 5 atom stereocenters. The molecule has 1 rings (SSSR count). The van der Waals surface area contributed by atoms with E-state index in [9.17, 15) is 4.79 Å². The summed E-state index contributed by atoms with van der Waals surface area (Å²) in [6, 6.07) is 0. The molecular weight excluding hydrogens is 412 g/mol. The lowest BCUT2D eigenvalue weighted by Crippen LogP contribution is -2.65. The van der Waals surface area contributed by atoms with E-state index in [0.29, 0.717) is 6.61 Å². The summed E-state index contributed by atoms with van der Waals surface area (Å²) in [7, 11) is -4.12. The summed E-state index contributed by atoms with van der Waals surface area (Å²) in [4.78, 5) is 11.9. The van der Waals surface area contributed by atoms with Gasteiger partial charge in [0.25, 0.3) is 0 Å². The first-order valence-electron chi connectivity index (χ1n) is 9.87. The highest BCUT2D eigenvalue weighted by atomic mass is 28.4. The Kier molecular flexibility index (Phi) is 9.10. The zero-order chi connectivity index (χ0) is 21.9. The molecule has 7 nitrogen and oxygen atoms in total. The largest absolute Gasteiger partial charge is 0.457 e. The number of hydrogen-bond donors (Lipinski definition) is 0. The van der Waals surface area contributed by atoms with Gasteiger partial charge in [-0.1, -0.05) is 0 Å². The van der Waals surface area contributed by atoms with Crippen molar-refractivity contribution in [3.63, 3.8) is 0 Å². The van der Waals surface area contributed by atoms with Crippen molar-refractivity contribution in [1.82, 2.24) is 0 Å². The van der Waals surface area contributed by atoms with E-state index in [4.69, 9.17) is 27.5 Å². The third-order valence-electron chi connectivity index (χ3n) is 3.79. The third-order valence-corrected chi connectivity index (χ3v) is 6.78. The summed E-state index contributed by atoms with van der Waals surface area (Å²) in [6.45, 7) is 20.7. The normalized spacial score (nSPS) is 29.6. The molecular formula is C18H40O7Si3. The molecule has 1 saturated heterocycles. The molecule has 0 aromatic heterocycles. The predicted molar refractivity (Wildman–Crippen MR) is 117 cm³/mol. The molecule has 0 bridgehead atoms. The lowest BCUT2D eigenvalue weighted by atomic mass is 9.99. The van der Waals surface area contributed by atoms with Gasteiger partial charge in [0.1, 0.15) is 18.3 Å². The molecule has 0 radical (unpaired) electrons. The molecule has 1 aliphatic heterocycles. The summed E-state index contributed by atoms with van der Waals surface area (Å²) in [5, 5.41) is 0. The van der Waals surface area contributed by atoms with Gasteiger partial charge in [-0.2, -0.15) is 0 Å². The molecule has 1 aliphatic rings. The van der Waals surface area contributed by atoms with E-state index < -0.39 is 55.7 Å². The van der Waals surface area contributed by atoms with Crippen LogP contribution in [-0.4, -0.2) is 75.3 Å². The van der Waals surface area contributed by atoms with Gasteiger partial charge in [0.15, 0.2) is 37.3 Å². The van der Waals surface area contributed by atoms with Gasteiger partial charge in [-0.05, 0) is 58.9 Å². The maximum absolute atomic E-state index is 11.9. The highest BCUT2D eigenvalue weighted by Crippen LogP contribution is 2.33. The van der Waals surface area contributed by atoms with Crippen LogP contribution < -0.4 is 0 Å². The molecule has 1 fully saturated rings. The molecule has 0 aromatic rings. The minimum Gasteiger partial charge on any atom is -0.457 e. The van der Waals surface area contributed by atoms with Gasteiger partial charge in [-0.3, -0.25) is 4.79 Å². The van der Waals surface area contributed by atoms with Crippen LogP contribution in [0.15, 0.2) is 0 Å². The van der Waals surface area contributed by atoms with Crippen molar-refractivity contribution in [3.8, 4) is 0 Å². The lowest BCUT2D eigenvalue weighted by molar-refractivity contribution is -0.289. The Morgan fingerprint density at radius 1 is 0.821 bits per heavy atom. The number of hydrogen-bond acceptors (Lipinski definition) is 7. The second-order valence-corrected chi connectivity index (χ2v) is 23.6. The van der Waals surface area contributed by atoms with E-state index in [2.05, 4.69) is 58.9 Å². The molecule has 0 saturated carbocycles. The highest BCUT2D eigenvalue weighted by Gasteiger charge is 2.52. The Morgan fingerprint density at radius 2 is 1.32 bits per heavy atom. The maximum Gasteiger partial charge on any atom is 0.303 e. The van der Waals surface area contributed by atoms with Crippen molar-refractivity contribution in [2.24, 2.45) is 0 Å². The van der Waals surface area contributed by atoms with Crippen LogP contribution in [0.2, 0.25) is 58.9 Å². The van der Waals surface area contributed by atoms with E-state index in [0.717, 1.165) is 0 Å². The second kappa shape index (κ2) is 9.82.